The topological polar surface area (TPSA) is 75.7 Å². The fourth-order valence-electron chi connectivity index (χ4n) is 2.47. The Balaban J connectivity index is 0.000000203. The molecule has 0 bridgehead atoms. The summed E-state index contributed by atoms with van der Waals surface area (Å²) in [5, 5.41) is 14.2. The van der Waals surface area contributed by atoms with Crippen LogP contribution in [0.3, 0.4) is 0 Å². The van der Waals surface area contributed by atoms with E-state index >= 15 is 0 Å². The third kappa shape index (κ3) is 3.78. The molecule has 0 atom stereocenters. The molecule has 0 radical (unpaired) electrons. The van der Waals surface area contributed by atoms with Crippen LogP contribution in [0.2, 0.25) is 0 Å². The number of imidazole rings is 1. The van der Waals surface area contributed by atoms with Gasteiger partial charge >= 0.3 is 0 Å². The van der Waals surface area contributed by atoms with Gasteiger partial charge in [-0.15, -0.1) is 0 Å². The zero-order chi connectivity index (χ0) is 16.9. The maximum atomic E-state index is 10.9. The second kappa shape index (κ2) is 7.52. The fraction of sp³-hybridized carbons (Fsp3) is 0.312. The van der Waals surface area contributed by atoms with Crippen LogP contribution in [0.4, 0.5) is 5.69 Å². The first-order valence-electron chi connectivity index (χ1n) is 7.70. The Labute approximate surface area is 143 Å². The summed E-state index contributed by atoms with van der Waals surface area (Å²) in [5.41, 5.74) is 0.755. The zero-order valence-electron chi connectivity index (χ0n) is 13.4. The lowest BCUT2D eigenvalue weighted by Gasteiger charge is -2.21. The number of nitro benzene ring substituents is 1. The Morgan fingerprint density at radius 3 is 2.67 bits per heavy atom. The zero-order valence-corrected chi connectivity index (χ0v) is 14.2. The summed E-state index contributed by atoms with van der Waals surface area (Å²) in [7, 11) is 2.15. The second-order valence-corrected chi connectivity index (χ2v) is 6.55. The van der Waals surface area contributed by atoms with E-state index in [1.807, 2.05) is 16.8 Å². The summed E-state index contributed by atoms with van der Waals surface area (Å²) in [6.45, 7) is 4.74. The van der Waals surface area contributed by atoms with E-state index in [-0.39, 0.29) is 10.6 Å². The highest BCUT2D eigenvalue weighted by molar-refractivity contribution is 7.20. The molecule has 3 aromatic rings. The lowest BCUT2D eigenvalue weighted by Crippen LogP contribution is -2.40. The predicted molar refractivity (Wildman–Crippen MR) is 95.5 cm³/mol. The van der Waals surface area contributed by atoms with Crippen LogP contribution in [0.15, 0.2) is 42.9 Å². The summed E-state index contributed by atoms with van der Waals surface area (Å²) in [5.74, 6) is 0. The minimum Gasteiger partial charge on any atom is -0.314 e. The molecule has 1 aliphatic rings. The number of nitrogens with zero attached hydrogens (tertiary/aromatic N) is 4. The number of thiazole rings is 1. The molecule has 126 valence electrons. The van der Waals surface area contributed by atoms with Crippen LogP contribution < -0.4 is 5.32 Å². The van der Waals surface area contributed by atoms with Gasteiger partial charge in [-0.05, 0) is 13.1 Å². The monoisotopic (exact) mass is 345 g/mol. The molecule has 1 N–H and O–H groups in total. The SMILES string of the molecule is CN1CCNCC1.O=[N+]([O-])c1ccccc1-c1cn2ccnc2s1. The Morgan fingerprint density at radius 1 is 1.29 bits per heavy atom. The molecule has 0 amide bonds. The molecular formula is C16H19N5O2S. The van der Waals surface area contributed by atoms with Gasteiger partial charge in [-0.3, -0.25) is 14.5 Å². The highest BCUT2D eigenvalue weighted by Gasteiger charge is 2.16. The van der Waals surface area contributed by atoms with Gasteiger partial charge in [-0.2, -0.15) is 0 Å². The van der Waals surface area contributed by atoms with E-state index in [1.165, 1.54) is 30.5 Å². The lowest BCUT2D eigenvalue weighted by molar-refractivity contribution is -0.384. The van der Waals surface area contributed by atoms with Crippen LogP contribution in [0, 0.1) is 10.1 Å². The first-order valence-corrected chi connectivity index (χ1v) is 8.52. The predicted octanol–water partition coefficient (Wildman–Crippen LogP) is 2.49. The minimum absolute atomic E-state index is 0.122. The normalized spacial score (nSPS) is 15.0. The molecule has 4 rings (SSSR count). The molecule has 1 aromatic carbocycles. The van der Waals surface area contributed by atoms with Gasteiger partial charge in [0, 0.05) is 50.8 Å². The molecule has 24 heavy (non-hydrogen) atoms. The van der Waals surface area contributed by atoms with Gasteiger partial charge in [0.15, 0.2) is 4.96 Å². The van der Waals surface area contributed by atoms with E-state index in [2.05, 4.69) is 22.2 Å². The maximum absolute atomic E-state index is 10.9. The average Bonchev–Trinajstić information content (AvgIpc) is 3.18. The summed E-state index contributed by atoms with van der Waals surface area (Å²) >= 11 is 1.44. The van der Waals surface area contributed by atoms with Crippen LogP contribution in [0.1, 0.15) is 0 Å². The van der Waals surface area contributed by atoms with Gasteiger partial charge in [0.25, 0.3) is 5.69 Å². The number of fused-ring (bicyclic) bond motifs is 1. The number of nitro groups is 1. The van der Waals surface area contributed by atoms with Crippen LogP contribution in [-0.2, 0) is 0 Å². The number of piperazine rings is 1. The molecule has 1 aliphatic heterocycles. The highest BCUT2D eigenvalue weighted by atomic mass is 32.1. The molecule has 0 saturated carbocycles. The number of hydrogen-bond acceptors (Lipinski definition) is 6. The van der Waals surface area contributed by atoms with Gasteiger partial charge in [0.05, 0.1) is 15.4 Å². The Bertz CT molecular complexity index is 794. The molecular weight excluding hydrogens is 326 g/mol. The smallest absolute Gasteiger partial charge is 0.278 e. The Hall–Kier alpha value is -2.29. The van der Waals surface area contributed by atoms with Crippen LogP contribution in [0.5, 0.6) is 0 Å². The van der Waals surface area contributed by atoms with Crippen molar-refractivity contribution in [3.05, 3.63) is 53.0 Å². The van der Waals surface area contributed by atoms with E-state index in [4.69, 9.17) is 0 Å². The Morgan fingerprint density at radius 2 is 2.04 bits per heavy atom. The lowest BCUT2D eigenvalue weighted by atomic mass is 10.1. The van der Waals surface area contributed by atoms with E-state index in [1.54, 1.807) is 24.4 Å². The molecule has 0 unspecified atom stereocenters. The molecule has 3 heterocycles. The van der Waals surface area contributed by atoms with E-state index in [9.17, 15) is 10.1 Å². The van der Waals surface area contributed by atoms with Crippen molar-refractivity contribution >= 4 is 22.0 Å². The number of benzene rings is 1. The average molecular weight is 345 g/mol. The summed E-state index contributed by atoms with van der Waals surface area (Å²) in [6.07, 6.45) is 5.38. The molecule has 7 nitrogen and oxygen atoms in total. The van der Waals surface area contributed by atoms with Gasteiger partial charge in [0.1, 0.15) is 0 Å². The number of aromatic nitrogens is 2. The van der Waals surface area contributed by atoms with Crippen molar-refractivity contribution in [2.24, 2.45) is 0 Å². The number of likely N-dealkylation sites (N-methyl/N-ethyl adjacent to an activating group) is 1. The highest BCUT2D eigenvalue weighted by Crippen LogP contribution is 2.34. The fourth-order valence-corrected chi connectivity index (χ4v) is 3.45. The number of hydrogen-bond donors (Lipinski definition) is 1. The van der Waals surface area contributed by atoms with Crippen molar-refractivity contribution in [2.45, 2.75) is 0 Å². The van der Waals surface area contributed by atoms with Crippen molar-refractivity contribution in [1.29, 1.82) is 0 Å². The largest absolute Gasteiger partial charge is 0.314 e. The van der Waals surface area contributed by atoms with Crippen molar-refractivity contribution in [3.8, 4) is 10.4 Å². The second-order valence-electron chi connectivity index (χ2n) is 5.54. The molecule has 8 heteroatoms. The van der Waals surface area contributed by atoms with Crippen molar-refractivity contribution in [1.82, 2.24) is 19.6 Å². The third-order valence-corrected chi connectivity index (χ3v) is 4.84. The van der Waals surface area contributed by atoms with Crippen molar-refractivity contribution in [2.75, 3.05) is 33.2 Å². The van der Waals surface area contributed by atoms with Gasteiger partial charge in [-0.1, -0.05) is 23.5 Å². The Kier molecular flexibility index (Phi) is 5.19. The van der Waals surface area contributed by atoms with E-state index in [0.29, 0.717) is 5.56 Å². The van der Waals surface area contributed by atoms with Gasteiger partial charge in [0.2, 0.25) is 0 Å². The molecule has 1 fully saturated rings. The first kappa shape index (κ1) is 16.6. The van der Waals surface area contributed by atoms with E-state index < -0.39 is 0 Å². The quantitative estimate of drug-likeness (QED) is 0.570. The van der Waals surface area contributed by atoms with Crippen molar-refractivity contribution in [3.63, 3.8) is 0 Å². The van der Waals surface area contributed by atoms with Crippen molar-refractivity contribution < 1.29 is 4.92 Å². The van der Waals surface area contributed by atoms with Gasteiger partial charge in [-0.25, -0.2) is 4.98 Å². The maximum Gasteiger partial charge on any atom is 0.278 e. The molecule has 0 aliphatic carbocycles. The standard InChI is InChI=1S/C11H7N3O2S.C5H12N2/c15-14(16)9-4-2-1-3-8(9)10-7-13-6-5-12-11(13)17-10;1-7-4-2-6-3-5-7/h1-7H;6H,2-5H2,1H3. The number of rotatable bonds is 2. The first-order chi connectivity index (χ1) is 11.6. The van der Waals surface area contributed by atoms with Crippen LogP contribution >= 0.6 is 11.3 Å². The number of nitrogens with one attached hydrogen (secondary N) is 1. The van der Waals surface area contributed by atoms with E-state index in [0.717, 1.165) is 22.9 Å². The molecule has 2 aromatic heterocycles. The third-order valence-electron chi connectivity index (χ3n) is 3.80. The van der Waals surface area contributed by atoms with Crippen LogP contribution in [-0.4, -0.2) is 52.4 Å². The molecule has 0 spiro atoms. The number of para-hydroxylation sites is 1. The summed E-state index contributed by atoms with van der Waals surface area (Å²) < 4.78 is 1.86. The van der Waals surface area contributed by atoms with Gasteiger partial charge < -0.3 is 10.2 Å². The minimum atomic E-state index is -0.363. The van der Waals surface area contributed by atoms with Crippen LogP contribution in [0.25, 0.3) is 15.4 Å². The molecule has 1 saturated heterocycles. The summed E-state index contributed by atoms with van der Waals surface area (Å²) in [6, 6.07) is 6.73. The summed E-state index contributed by atoms with van der Waals surface area (Å²) in [4.78, 5) is 18.7.